The summed E-state index contributed by atoms with van der Waals surface area (Å²) in [6.45, 7) is 2.16. The van der Waals surface area contributed by atoms with E-state index in [0.717, 1.165) is 16.9 Å². The van der Waals surface area contributed by atoms with Crippen LogP contribution in [-0.2, 0) is 21.2 Å². The van der Waals surface area contributed by atoms with Gasteiger partial charge in [-0.15, -0.1) is 0 Å². The van der Waals surface area contributed by atoms with E-state index in [1.54, 1.807) is 19.2 Å². The van der Waals surface area contributed by atoms with Gasteiger partial charge in [-0.05, 0) is 66.9 Å². The zero-order chi connectivity index (χ0) is 23.0. The number of carbonyl (C=O) groups excluding carboxylic acids is 1. The molecular formula is C24H26N2O5S. The van der Waals surface area contributed by atoms with Crippen LogP contribution in [0.4, 0.5) is 5.69 Å². The molecule has 0 radical (unpaired) electrons. The van der Waals surface area contributed by atoms with Crippen molar-refractivity contribution < 1.29 is 22.7 Å². The van der Waals surface area contributed by atoms with Crippen molar-refractivity contribution in [2.75, 3.05) is 25.0 Å². The van der Waals surface area contributed by atoms with E-state index in [1.807, 2.05) is 43.3 Å². The van der Waals surface area contributed by atoms with Gasteiger partial charge in [0.1, 0.15) is 11.5 Å². The molecule has 0 unspecified atom stereocenters. The molecule has 3 rings (SSSR count). The Hall–Kier alpha value is -3.52. The molecule has 32 heavy (non-hydrogen) atoms. The Morgan fingerprint density at radius 1 is 0.906 bits per heavy atom. The van der Waals surface area contributed by atoms with Crippen molar-refractivity contribution in [1.29, 1.82) is 0 Å². The molecule has 168 valence electrons. The average molecular weight is 455 g/mol. The number of para-hydroxylation sites is 1. The number of ether oxygens (including phenoxy) is 2. The van der Waals surface area contributed by atoms with Crippen molar-refractivity contribution in [1.82, 2.24) is 5.32 Å². The maximum atomic E-state index is 12.6. The largest absolute Gasteiger partial charge is 0.497 e. The summed E-state index contributed by atoms with van der Waals surface area (Å²) in [5.74, 6) is 0.942. The van der Waals surface area contributed by atoms with Gasteiger partial charge in [0.2, 0.25) is 0 Å². The highest BCUT2D eigenvalue weighted by Gasteiger charge is 2.15. The number of benzene rings is 3. The van der Waals surface area contributed by atoms with Gasteiger partial charge < -0.3 is 14.8 Å². The second-order valence-electron chi connectivity index (χ2n) is 7.13. The molecule has 0 saturated heterocycles. The lowest BCUT2D eigenvalue weighted by Gasteiger charge is -2.11. The number of anilines is 1. The lowest BCUT2D eigenvalue weighted by molar-refractivity contribution is -0.123. The fourth-order valence-corrected chi connectivity index (χ4v) is 4.08. The Morgan fingerprint density at radius 2 is 1.56 bits per heavy atom. The minimum Gasteiger partial charge on any atom is -0.497 e. The van der Waals surface area contributed by atoms with Crippen LogP contribution in [0.15, 0.2) is 77.7 Å². The summed E-state index contributed by atoms with van der Waals surface area (Å²) in [5.41, 5.74) is 2.44. The molecule has 2 N–H and O–H groups in total. The number of amides is 1. The third kappa shape index (κ3) is 6.49. The second kappa shape index (κ2) is 10.7. The molecule has 0 heterocycles. The Kier molecular flexibility index (Phi) is 7.72. The maximum Gasteiger partial charge on any atom is 0.261 e. The van der Waals surface area contributed by atoms with Crippen LogP contribution in [0.2, 0.25) is 0 Å². The minimum absolute atomic E-state index is 0.108. The summed E-state index contributed by atoms with van der Waals surface area (Å²) < 4.78 is 38.3. The first kappa shape index (κ1) is 23.1. The fourth-order valence-electron chi connectivity index (χ4n) is 2.94. The lowest BCUT2D eigenvalue weighted by Crippen LogP contribution is -2.30. The molecule has 3 aromatic rings. The fraction of sp³-hybridized carbons (Fsp3) is 0.208. The number of sulfonamides is 1. The van der Waals surface area contributed by atoms with Gasteiger partial charge in [-0.25, -0.2) is 8.42 Å². The topological polar surface area (TPSA) is 93.7 Å². The highest BCUT2D eigenvalue weighted by atomic mass is 32.2. The van der Waals surface area contributed by atoms with Crippen molar-refractivity contribution in [3.8, 4) is 11.5 Å². The first-order valence-electron chi connectivity index (χ1n) is 10.1. The zero-order valence-corrected chi connectivity index (χ0v) is 18.8. The number of hydrogen-bond acceptors (Lipinski definition) is 5. The molecule has 0 bridgehead atoms. The van der Waals surface area contributed by atoms with Gasteiger partial charge in [0.25, 0.3) is 15.9 Å². The van der Waals surface area contributed by atoms with Crippen LogP contribution < -0.4 is 19.5 Å². The smallest absolute Gasteiger partial charge is 0.261 e. The molecule has 1 amide bonds. The van der Waals surface area contributed by atoms with Gasteiger partial charge in [-0.2, -0.15) is 0 Å². The quantitative estimate of drug-likeness (QED) is 0.489. The summed E-state index contributed by atoms with van der Waals surface area (Å²) in [6.07, 6.45) is 0.691. The minimum atomic E-state index is -3.72. The van der Waals surface area contributed by atoms with Crippen molar-refractivity contribution >= 4 is 21.6 Å². The molecule has 0 atom stereocenters. The predicted octanol–water partition coefficient (Wildman–Crippen LogP) is 3.54. The van der Waals surface area contributed by atoms with E-state index in [9.17, 15) is 13.2 Å². The van der Waals surface area contributed by atoms with E-state index in [1.165, 1.54) is 24.3 Å². The second-order valence-corrected chi connectivity index (χ2v) is 8.81. The van der Waals surface area contributed by atoms with Crippen molar-refractivity contribution in [3.05, 3.63) is 83.9 Å². The summed E-state index contributed by atoms with van der Waals surface area (Å²) >= 11 is 0. The summed E-state index contributed by atoms with van der Waals surface area (Å²) in [6, 6.07) is 20.7. The molecule has 0 spiro atoms. The Balaban J connectivity index is 1.46. The average Bonchev–Trinajstić information content (AvgIpc) is 2.80. The van der Waals surface area contributed by atoms with Crippen LogP contribution in [0.3, 0.4) is 0 Å². The standard InChI is InChI=1S/C24H26N2O5S/c1-18-5-3-4-6-23(18)26-32(28,29)22-13-11-21(12-14-22)31-17-24(27)25-16-15-19-7-9-20(30-2)10-8-19/h3-14,26H,15-17H2,1-2H3,(H,25,27). The van der Waals surface area contributed by atoms with Crippen molar-refractivity contribution in [3.63, 3.8) is 0 Å². The third-order valence-corrected chi connectivity index (χ3v) is 6.17. The van der Waals surface area contributed by atoms with Crippen molar-refractivity contribution in [2.24, 2.45) is 0 Å². The van der Waals surface area contributed by atoms with Crippen LogP contribution in [0.1, 0.15) is 11.1 Å². The van der Waals surface area contributed by atoms with E-state index in [-0.39, 0.29) is 17.4 Å². The van der Waals surface area contributed by atoms with Gasteiger partial charge in [0.05, 0.1) is 17.7 Å². The van der Waals surface area contributed by atoms with Gasteiger partial charge in [0.15, 0.2) is 6.61 Å². The summed E-state index contributed by atoms with van der Waals surface area (Å²) in [5, 5.41) is 2.80. The Bertz CT molecular complexity index is 1140. The Labute approximate surface area is 188 Å². The number of nitrogens with one attached hydrogen (secondary N) is 2. The number of rotatable bonds is 10. The van der Waals surface area contributed by atoms with Gasteiger partial charge in [-0.3, -0.25) is 9.52 Å². The molecule has 0 aliphatic rings. The normalized spacial score (nSPS) is 10.9. The molecule has 8 heteroatoms. The Morgan fingerprint density at radius 3 is 2.22 bits per heavy atom. The van der Waals surface area contributed by atoms with Gasteiger partial charge in [0, 0.05) is 6.54 Å². The zero-order valence-electron chi connectivity index (χ0n) is 18.0. The number of aryl methyl sites for hydroxylation is 1. The molecule has 0 aliphatic heterocycles. The summed E-state index contributed by atoms with van der Waals surface area (Å²) in [4.78, 5) is 12.1. The molecule has 3 aromatic carbocycles. The van der Waals surface area contributed by atoms with E-state index in [0.29, 0.717) is 24.4 Å². The lowest BCUT2D eigenvalue weighted by atomic mass is 10.1. The van der Waals surface area contributed by atoms with Crippen molar-refractivity contribution in [2.45, 2.75) is 18.2 Å². The van der Waals surface area contributed by atoms with Crippen LogP contribution in [0.25, 0.3) is 0 Å². The SMILES string of the molecule is COc1ccc(CCNC(=O)COc2ccc(S(=O)(=O)Nc3ccccc3C)cc2)cc1. The first-order chi connectivity index (χ1) is 15.4. The predicted molar refractivity (Wildman–Crippen MR) is 124 cm³/mol. The molecule has 0 aliphatic carbocycles. The first-order valence-corrected chi connectivity index (χ1v) is 11.6. The van der Waals surface area contributed by atoms with Crippen LogP contribution in [-0.4, -0.2) is 34.6 Å². The van der Waals surface area contributed by atoms with E-state index in [4.69, 9.17) is 9.47 Å². The van der Waals surface area contributed by atoms with Gasteiger partial charge >= 0.3 is 0 Å². The van der Waals surface area contributed by atoms with Crippen LogP contribution in [0, 0.1) is 6.92 Å². The van der Waals surface area contributed by atoms with E-state index < -0.39 is 10.0 Å². The van der Waals surface area contributed by atoms with Gasteiger partial charge in [-0.1, -0.05) is 30.3 Å². The maximum absolute atomic E-state index is 12.6. The highest BCUT2D eigenvalue weighted by Crippen LogP contribution is 2.21. The highest BCUT2D eigenvalue weighted by molar-refractivity contribution is 7.92. The van der Waals surface area contributed by atoms with E-state index in [2.05, 4.69) is 10.0 Å². The van der Waals surface area contributed by atoms with Crippen LogP contribution in [0.5, 0.6) is 11.5 Å². The summed E-state index contributed by atoms with van der Waals surface area (Å²) in [7, 11) is -2.10. The number of hydrogen-bond donors (Lipinski definition) is 2. The molecule has 0 aromatic heterocycles. The molecule has 0 saturated carbocycles. The number of methoxy groups -OCH3 is 1. The third-order valence-electron chi connectivity index (χ3n) is 4.79. The monoisotopic (exact) mass is 454 g/mol. The number of carbonyl (C=O) groups is 1. The van der Waals surface area contributed by atoms with Crippen LogP contribution >= 0.6 is 0 Å². The molecule has 0 fully saturated rings. The molecule has 7 nitrogen and oxygen atoms in total. The van der Waals surface area contributed by atoms with E-state index >= 15 is 0 Å². The molecular weight excluding hydrogens is 428 g/mol.